The molecule has 0 amide bonds. The van der Waals surface area contributed by atoms with Gasteiger partial charge < -0.3 is 33.8 Å². The van der Waals surface area contributed by atoms with Crippen molar-refractivity contribution in [2.45, 2.75) is 354 Å². The second-order valence-corrected chi connectivity index (χ2v) is 26.4. The molecule has 84 heavy (non-hydrogen) atoms. The Labute approximate surface area is 511 Å². The van der Waals surface area contributed by atoms with E-state index in [1.807, 2.05) is 0 Å². The molecule has 0 fully saturated rings. The molecule has 19 heteroatoms. The van der Waals surface area contributed by atoms with Crippen molar-refractivity contribution in [3.63, 3.8) is 0 Å². The van der Waals surface area contributed by atoms with Crippen LogP contribution in [-0.4, -0.2) is 96.7 Å². The van der Waals surface area contributed by atoms with Crippen molar-refractivity contribution >= 4 is 39.5 Å². The SMILES string of the molecule is CCCCCCCCCCCCCCCCCCCCCCCCC(=O)O[C@H](COC(=O)CCCCCCCCCCC)COP(=O)(O)OC[C@@H](O)COP(=O)(O)OC[C@@H](COC(=O)CCCCCCC)OC(=O)CCCCCCCCCC. The van der Waals surface area contributed by atoms with Gasteiger partial charge in [-0.1, -0.05) is 285 Å². The van der Waals surface area contributed by atoms with Gasteiger partial charge in [0.1, 0.15) is 19.3 Å². The Balaban J connectivity index is 5.01. The highest BCUT2D eigenvalue weighted by Gasteiger charge is 2.30. The zero-order chi connectivity index (χ0) is 61.9. The van der Waals surface area contributed by atoms with Crippen LogP contribution in [0, 0.1) is 0 Å². The normalized spacial score (nSPS) is 14.1. The van der Waals surface area contributed by atoms with Crippen molar-refractivity contribution in [1.82, 2.24) is 0 Å². The minimum absolute atomic E-state index is 0.104. The van der Waals surface area contributed by atoms with E-state index in [2.05, 4.69) is 27.7 Å². The summed E-state index contributed by atoms with van der Waals surface area (Å²) in [6, 6.07) is 0. The van der Waals surface area contributed by atoms with Crippen LogP contribution in [0.1, 0.15) is 336 Å². The van der Waals surface area contributed by atoms with Crippen LogP contribution in [0.5, 0.6) is 0 Å². The number of aliphatic hydroxyl groups excluding tert-OH is 1. The number of aliphatic hydroxyl groups is 1. The molecular formula is C65H126O17P2. The minimum atomic E-state index is -4.94. The lowest BCUT2D eigenvalue weighted by atomic mass is 10.0. The van der Waals surface area contributed by atoms with Crippen LogP contribution in [0.25, 0.3) is 0 Å². The molecule has 498 valence electrons. The lowest BCUT2D eigenvalue weighted by Gasteiger charge is -2.21. The Bertz CT molecular complexity index is 1620. The average Bonchev–Trinajstić information content (AvgIpc) is 3.64. The van der Waals surface area contributed by atoms with Gasteiger partial charge >= 0.3 is 39.5 Å². The van der Waals surface area contributed by atoms with Crippen molar-refractivity contribution in [2.24, 2.45) is 0 Å². The molecule has 0 aromatic carbocycles. The van der Waals surface area contributed by atoms with E-state index in [1.165, 1.54) is 154 Å². The first-order valence-corrected chi connectivity index (χ1v) is 37.3. The van der Waals surface area contributed by atoms with Crippen molar-refractivity contribution in [1.29, 1.82) is 0 Å². The number of rotatable bonds is 66. The number of esters is 4. The molecule has 0 radical (unpaired) electrons. The highest BCUT2D eigenvalue weighted by Crippen LogP contribution is 2.45. The highest BCUT2D eigenvalue weighted by atomic mass is 31.2. The van der Waals surface area contributed by atoms with Crippen molar-refractivity contribution in [3.8, 4) is 0 Å². The van der Waals surface area contributed by atoms with Gasteiger partial charge in [0.25, 0.3) is 0 Å². The molecule has 0 bridgehead atoms. The predicted octanol–water partition coefficient (Wildman–Crippen LogP) is 18.3. The van der Waals surface area contributed by atoms with E-state index in [0.29, 0.717) is 25.7 Å². The van der Waals surface area contributed by atoms with Crippen molar-refractivity contribution < 1.29 is 80.2 Å². The van der Waals surface area contributed by atoms with Crippen LogP contribution in [0.3, 0.4) is 0 Å². The van der Waals surface area contributed by atoms with Crippen LogP contribution in [0.4, 0.5) is 0 Å². The third kappa shape index (κ3) is 59.0. The van der Waals surface area contributed by atoms with Gasteiger partial charge in [-0.25, -0.2) is 9.13 Å². The largest absolute Gasteiger partial charge is 0.472 e. The van der Waals surface area contributed by atoms with Gasteiger partial charge in [-0.15, -0.1) is 0 Å². The Kier molecular flexibility index (Phi) is 58.6. The van der Waals surface area contributed by atoms with Crippen LogP contribution >= 0.6 is 15.6 Å². The molecule has 0 spiro atoms. The maximum absolute atomic E-state index is 13.0. The minimum Gasteiger partial charge on any atom is -0.462 e. The Hall–Kier alpha value is -1.94. The monoisotopic (exact) mass is 1240 g/mol. The fourth-order valence-electron chi connectivity index (χ4n) is 9.81. The lowest BCUT2D eigenvalue weighted by molar-refractivity contribution is -0.161. The number of ether oxygens (including phenoxy) is 4. The molecule has 0 aromatic heterocycles. The molecule has 5 atom stereocenters. The Morgan fingerprint density at radius 1 is 0.286 bits per heavy atom. The van der Waals surface area contributed by atoms with Gasteiger partial charge in [0, 0.05) is 25.7 Å². The quantitative estimate of drug-likeness (QED) is 0.0222. The smallest absolute Gasteiger partial charge is 0.462 e. The first kappa shape index (κ1) is 82.1. The molecular weight excluding hydrogens is 1110 g/mol. The molecule has 0 aliphatic heterocycles. The van der Waals surface area contributed by atoms with Crippen LogP contribution < -0.4 is 0 Å². The van der Waals surface area contributed by atoms with Crippen LogP contribution in [-0.2, 0) is 65.4 Å². The van der Waals surface area contributed by atoms with E-state index in [4.69, 9.17) is 37.0 Å². The summed E-state index contributed by atoms with van der Waals surface area (Å²) in [6.07, 6.45) is 46.6. The lowest BCUT2D eigenvalue weighted by Crippen LogP contribution is -2.30. The first-order valence-electron chi connectivity index (χ1n) is 34.3. The van der Waals surface area contributed by atoms with E-state index < -0.39 is 97.5 Å². The average molecular weight is 1240 g/mol. The standard InChI is InChI=1S/C65H126O17P2/c1-5-9-13-17-20-23-24-25-26-27-28-29-30-31-32-33-34-35-37-40-44-48-52-65(70)82-61(56-76-63(68)50-46-42-39-36-21-18-14-10-6-2)58-80-84(73,74)78-54-59(66)53-77-83(71,72)79-57-60(55-75-62(67)49-45-41-16-12-8-4)81-64(69)51-47-43-38-22-19-15-11-7-3/h59-61,66H,5-58H2,1-4H3,(H,71,72)(H,73,74)/t59-,60+,61+/m0/s1. The molecule has 0 aliphatic rings. The molecule has 17 nitrogen and oxygen atoms in total. The number of carbonyl (C=O) groups is 4. The van der Waals surface area contributed by atoms with E-state index in [1.54, 1.807) is 0 Å². The molecule has 0 heterocycles. The number of hydrogen-bond donors (Lipinski definition) is 3. The molecule has 0 rings (SSSR count). The van der Waals surface area contributed by atoms with E-state index >= 15 is 0 Å². The molecule has 3 N–H and O–H groups in total. The van der Waals surface area contributed by atoms with Crippen LogP contribution in [0.2, 0.25) is 0 Å². The van der Waals surface area contributed by atoms with Crippen LogP contribution in [0.15, 0.2) is 0 Å². The van der Waals surface area contributed by atoms with E-state index in [-0.39, 0.29) is 25.7 Å². The van der Waals surface area contributed by atoms with E-state index in [0.717, 1.165) is 103 Å². The Morgan fingerprint density at radius 2 is 0.476 bits per heavy atom. The van der Waals surface area contributed by atoms with Gasteiger partial charge in [-0.05, 0) is 25.7 Å². The number of phosphoric ester groups is 2. The summed E-state index contributed by atoms with van der Waals surface area (Å²) < 4.78 is 67.7. The molecule has 2 unspecified atom stereocenters. The van der Waals surface area contributed by atoms with E-state index in [9.17, 15) is 43.2 Å². The summed E-state index contributed by atoms with van der Waals surface area (Å²) in [6.45, 7) is 4.76. The topological polar surface area (TPSA) is 237 Å². The summed E-state index contributed by atoms with van der Waals surface area (Å²) in [7, 11) is -9.87. The van der Waals surface area contributed by atoms with Gasteiger partial charge in [0.05, 0.1) is 26.4 Å². The first-order chi connectivity index (χ1) is 40.7. The zero-order valence-corrected chi connectivity index (χ0v) is 55.7. The maximum Gasteiger partial charge on any atom is 0.472 e. The second-order valence-electron chi connectivity index (χ2n) is 23.5. The predicted molar refractivity (Wildman–Crippen MR) is 335 cm³/mol. The molecule has 0 saturated carbocycles. The number of unbranched alkanes of at least 4 members (excludes halogenated alkanes) is 40. The van der Waals surface area contributed by atoms with Crippen molar-refractivity contribution in [2.75, 3.05) is 39.6 Å². The number of hydrogen-bond acceptors (Lipinski definition) is 15. The summed E-state index contributed by atoms with van der Waals surface area (Å²) in [5, 5.41) is 10.5. The third-order valence-corrected chi connectivity index (χ3v) is 17.0. The van der Waals surface area contributed by atoms with Crippen molar-refractivity contribution in [3.05, 3.63) is 0 Å². The molecule has 0 saturated heterocycles. The van der Waals surface area contributed by atoms with Gasteiger partial charge in [-0.3, -0.25) is 37.3 Å². The fraction of sp³-hybridized carbons (Fsp3) is 0.938. The summed E-state index contributed by atoms with van der Waals surface area (Å²) >= 11 is 0. The molecule has 0 aliphatic carbocycles. The van der Waals surface area contributed by atoms with Gasteiger partial charge in [0.15, 0.2) is 12.2 Å². The summed E-state index contributed by atoms with van der Waals surface area (Å²) in [4.78, 5) is 71.8. The summed E-state index contributed by atoms with van der Waals surface area (Å²) in [5.41, 5.74) is 0. The molecule has 0 aromatic rings. The fourth-order valence-corrected chi connectivity index (χ4v) is 11.4. The number of phosphoric acid groups is 2. The second kappa shape index (κ2) is 60.0. The highest BCUT2D eigenvalue weighted by molar-refractivity contribution is 7.47. The maximum atomic E-state index is 13.0. The van der Waals surface area contributed by atoms with Gasteiger partial charge in [0.2, 0.25) is 0 Å². The number of carbonyl (C=O) groups excluding carboxylic acids is 4. The third-order valence-electron chi connectivity index (χ3n) is 15.1. The Morgan fingerprint density at radius 3 is 0.702 bits per heavy atom. The van der Waals surface area contributed by atoms with Gasteiger partial charge in [-0.2, -0.15) is 0 Å². The summed E-state index contributed by atoms with van der Waals surface area (Å²) in [5.74, 6) is -2.15. The zero-order valence-electron chi connectivity index (χ0n) is 53.9.